The number of carbonyl (C=O) groups is 2. The zero-order valence-corrected chi connectivity index (χ0v) is 11.6. The Bertz CT molecular complexity index is 460. The number of hydrogen-bond acceptors (Lipinski definition) is 4. The maximum atomic E-state index is 11.6. The van der Waals surface area contributed by atoms with Crippen LogP contribution in [0.15, 0.2) is 30.3 Å². The number of carbonyl (C=O) groups excluding carboxylic acids is 2. The van der Waals surface area contributed by atoms with E-state index in [1.165, 1.54) is 6.92 Å². The van der Waals surface area contributed by atoms with E-state index in [9.17, 15) is 19.8 Å². The lowest BCUT2D eigenvalue weighted by molar-refractivity contribution is -0.146. The van der Waals surface area contributed by atoms with Crippen LogP contribution >= 0.6 is 0 Å². The van der Waals surface area contributed by atoms with Gasteiger partial charge in [-0.25, -0.2) is 0 Å². The average molecular weight is 280 g/mol. The van der Waals surface area contributed by atoms with Gasteiger partial charge in [0.15, 0.2) is 6.10 Å². The van der Waals surface area contributed by atoms with E-state index in [4.69, 9.17) is 0 Å². The summed E-state index contributed by atoms with van der Waals surface area (Å²) < 4.78 is 0. The van der Waals surface area contributed by atoms with Gasteiger partial charge in [0.2, 0.25) is 5.91 Å². The summed E-state index contributed by atoms with van der Waals surface area (Å²) in [6.07, 6.45) is -1.29. The maximum absolute atomic E-state index is 11.6. The Hall–Kier alpha value is -1.92. The fourth-order valence-electron chi connectivity index (χ4n) is 1.50. The summed E-state index contributed by atoms with van der Waals surface area (Å²) in [5, 5.41) is 19.4. The molecule has 1 aromatic rings. The van der Waals surface area contributed by atoms with Crippen LogP contribution in [0.25, 0.3) is 0 Å². The number of benzene rings is 1. The molecule has 2 unspecified atom stereocenters. The fraction of sp³-hybridized carbons (Fsp3) is 0.429. The smallest absolute Gasteiger partial charge is 0.270 e. The van der Waals surface area contributed by atoms with Gasteiger partial charge in [-0.3, -0.25) is 20.4 Å². The fourth-order valence-corrected chi connectivity index (χ4v) is 1.50. The van der Waals surface area contributed by atoms with Crippen molar-refractivity contribution in [2.45, 2.75) is 38.4 Å². The highest BCUT2D eigenvalue weighted by Crippen LogP contribution is 2.13. The molecule has 0 spiro atoms. The first-order valence-electron chi connectivity index (χ1n) is 6.40. The molecular weight excluding hydrogens is 260 g/mol. The third-order valence-electron chi connectivity index (χ3n) is 3.09. The van der Waals surface area contributed by atoms with Crippen LogP contribution in [-0.4, -0.2) is 33.7 Å². The monoisotopic (exact) mass is 280 g/mol. The number of nitrogens with one attached hydrogen (secondary N) is 2. The highest BCUT2D eigenvalue weighted by molar-refractivity contribution is 5.86. The topological polar surface area (TPSA) is 98.7 Å². The lowest BCUT2D eigenvalue weighted by atomic mass is 9.96. The summed E-state index contributed by atoms with van der Waals surface area (Å²) >= 11 is 0. The van der Waals surface area contributed by atoms with Crippen molar-refractivity contribution in [1.29, 1.82) is 0 Å². The van der Waals surface area contributed by atoms with Gasteiger partial charge in [-0.2, -0.15) is 0 Å². The minimum Gasteiger partial charge on any atom is -0.387 e. The molecule has 0 aliphatic carbocycles. The van der Waals surface area contributed by atoms with Crippen LogP contribution in [-0.2, 0) is 16.0 Å². The van der Waals surface area contributed by atoms with Gasteiger partial charge < -0.3 is 10.2 Å². The zero-order chi connectivity index (χ0) is 15.2. The molecule has 0 aliphatic heterocycles. The normalized spacial score (nSPS) is 15.0. The number of hydrazine groups is 1. The van der Waals surface area contributed by atoms with E-state index in [-0.39, 0.29) is 12.8 Å². The Morgan fingerprint density at radius 1 is 1.25 bits per heavy atom. The molecule has 0 saturated heterocycles. The van der Waals surface area contributed by atoms with Crippen molar-refractivity contribution in [2.24, 2.45) is 0 Å². The van der Waals surface area contributed by atoms with Gasteiger partial charge in [-0.1, -0.05) is 37.3 Å². The standard InChI is InChI=1S/C14H20N2O4/c1-3-14(2,20)12(18)13(19)16-15-11(17)9-10-7-5-4-6-8-10/h4-8,12,18,20H,3,9H2,1-2H3,(H,15,17)(H,16,19). The largest absolute Gasteiger partial charge is 0.387 e. The van der Waals surface area contributed by atoms with E-state index in [0.717, 1.165) is 5.56 Å². The molecule has 0 heterocycles. The molecule has 0 saturated carbocycles. The molecule has 2 atom stereocenters. The summed E-state index contributed by atoms with van der Waals surface area (Å²) in [6, 6.07) is 9.04. The highest BCUT2D eigenvalue weighted by atomic mass is 16.3. The summed E-state index contributed by atoms with van der Waals surface area (Å²) in [6.45, 7) is 2.99. The van der Waals surface area contributed by atoms with Crippen LogP contribution in [0.1, 0.15) is 25.8 Å². The first-order valence-corrected chi connectivity index (χ1v) is 6.40. The van der Waals surface area contributed by atoms with Crippen molar-refractivity contribution in [3.8, 4) is 0 Å². The van der Waals surface area contributed by atoms with Crippen LogP contribution in [0.2, 0.25) is 0 Å². The molecule has 110 valence electrons. The average Bonchev–Trinajstić information content (AvgIpc) is 2.45. The predicted molar refractivity (Wildman–Crippen MR) is 73.4 cm³/mol. The first kappa shape index (κ1) is 16.1. The van der Waals surface area contributed by atoms with Crippen molar-refractivity contribution in [1.82, 2.24) is 10.9 Å². The summed E-state index contributed by atoms with van der Waals surface area (Å²) in [5.41, 5.74) is 3.57. The zero-order valence-electron chi connectivity index (χ0n) is 11.6. The van der Waals surface area contributed by atoms with Crippen LogP contribution in [0, 0.1) is 0 Å². The Morgan fingerprint density at radius 3 is 2.40 bits per heavy atom. The molecule has 6 heteroatoms. The number of aliphatic hydroxyl groups is 2. The molecule has 0 radical (unpaired) electrons. The third-order valence-corrected chi connectivity index (χ3v) is 3.09. The van der Waals surface area contributed by atoms with E-state index >= 15 is 0 Å². The van der Waals surface area contributed by atoms with Crippen molar-refractivity contribution in [2.75, 3.05) is 0 Å². The van der Waals surface area contributed by atoms with Gasteiger partial charge in [0.1, 0.15) is 0 Å². The Labute approximate surface area is 117 Å². The molecule has 6 nitrogen and oxygen atoms in total. The molecular formula is C14H20N2O4. The molecule has 20 heavy (non-hydrogen) atoms. The van der Waals surface area contributed by atoms with E-state index in [0.29, 0.717) is 0 Å². The molecule has 1 aromatic carbocycles. The summed E-state index contributed by atoms with van der Waals surface area (Å²) in [5.74, 6) is -1.26. The Balaban J connectivity index is 2.43. The van der Waals surface area contributed by atoms with Crippen molar-refractivity contribution >= 4 is 11.8 Å². The predicted octanol–water partition coefficient (Wildman–Crippen LogP) is -0.102. The SMILES string of the molecule is CCC(C)(O)C(O)C(=O)NNC(=O)Cc1ccccc1. The van der Waals surface area contributed by atoms with Gasteiger partial charge >= 0.3 is 0 Å². The van der Waals surface area contributed by atoms with Crippen LogP contribution in [0.4, 0.5) is 0 Å². The van der Waals surface area contributed by atoms with Gasteiger partial charge in [-0.05, 0) is 18.9 Å². The summed E-state index contributed by atoms with van der Waals surface area (Å²) in [4.78, 5) is 23.2. The Morgan fingerprint density at radius 2 is 1.85 bits per heavy atom. The van der Waals surface area contributed by atoms with Gasteiger partial charge in [0.05, 0.1) is 12.0 Å². The second-order valence-corrected chi connectivity index (χ2v) is 4.81. The minimum absolute atomic E-state index is 0.112. The van der Waals surface area contributed by atoms with Gasteiger partial charge in [0.25, 0.3) is 5.91 Å². The Kier molecular flexibility index (Phi) is 5.66. The minimum atomic E-state index is -1.61. The second-order valence-electron chi connectivity index (χ2n) is 4.81. The number of rotatable bonds is 5. The van der Waals surface area contributed by atoms with E-state index in [2.05, 4.69) is 10.9 Å². The van der Waals surface area contributed by atoms with Crippen molar-refractivity contribution in [3.05, 3.63) is 35.9 Å². The molecule has 1 rings (SSSR count). The lowest BCUT2D eigenvalue weighted by Crippen LogP contribution is -2.54. The molecule has 0 bridgehead atoms. The molecule has 4 N–H and O–H groups in total. The molecule has 0 aromatic heterocycles. The van der Waals surface area contributed by atoms with Crippen LogP contribution in [0.3, 0.4) is 0 Å². The van der Waals surface area contributed by atoms with E-state index in [1.54, 1.807) is 19.1 Å². The lowest BCUT2D eigenvalue weighted by Gasteiger charge is -2.26. The van der Waals surface area contributed by atoms with Crippen LogP contribution < -0.4 is 10.9 Å². The number of hydrogen-bond donors (Lipinski definition) is 4. The number of amides is 2. The second kappa shape index (κ2) is 7.02. The highest BCUT2D eigenvalue weighted by Gasteiger charge is 2.34. The van der Waals surface area contributed by atoms with Gasteiger partial charge in [-0.15, -0.1) is 0 Å². The maximum Gasteiger partial charge on any atom is 0.270 e. The quantitative estimate of drug-likeness (QED) is 0.566. The van der Waals surface area contributed by atoms with Crippen LogP contribution in [0.5, 0.6) is 0 Å². The third kappa shape index (κ3) is 4.64. The van der Waals surface area contributed by atoms with Crippen molar-refractivity contribution in [3.63, 3.8) is 0 Å². The molecule has 0 fully saturated rings. The van der Waals surface area contributed by atoms with E-state index in [1.807, 2.05) is 18.2 Å². The molecule has 2 amide bonds. The first-order chi connectivity index (χ1) is 9.36. The van der Waals surface area contributed by atoms with Gasteiger partial charge in [0, 0.05) is 0 Å². The van der Waals surface area contributed by atoms with Crippen molar-refractivity contribution < 1.29 is 19.8 Å². The number of aliphatic hydroxyl groups excluding tert-OH is 1. The summed E-state index contributed by atoms with van der Waals surface area (Å²) in [7, 11) is 0. The van der Waals surface area contributed by atoms with E-state index < -0.39 is 23.5 Å². The molecule has 0 aliphatic rings.